The molecule has 8 heteroatoms. The molecule has 2 aromatic heterocycles. The molecule has 0 aliphatic rings. The van der Waals surface area contributed by atoms with Gasteiger partial charge in [0.05, 0.1) is 27.4 Å². The molecule has 5 aromatic rings. The number of nitrogens with zero attached hydrogens (tertiary/aromatic N) is 3. The van der Waals surface area contributed by atoms with E-state index in [2.05, 4.69) is 47.5 Å². The van der Waals surface area contributed by atoms with Gasteiger partial charge in [-0.05, 0) is 73.2 Å². The number of carbonyl (C=O) groups is 1. The number of allylic oxidation sites excluding steroid dienone is 3. The third kappa shape index (κ3) is 7.83. The maximum absolute atomic E-state index is 8.95. The topological polar surface area (TPSA) is 107 Å². The van der Waals surface area contributed by atoms with Crippen LogP contribution in [0.5, 0.6) is 11.5 Å². The zero-order chi connectivity index (χ0) is 30.5. The van der Waals surface area contributed by atoms with E-state index in [0.717, 1.165) is 45.0 Å². The Bertz CT molecular complexity index is 1730. The van der Waals surface area contributed by atoms with Crippen LogP contribution in [-0.2, 0) is 16.0 Å². The highest BCUT2D eigenvalue weighted by Gasteiger charge is 2.12. The Kier molecular flexibility index (Phi) is 11.4. The highest BCUT2D eigenvalue weighted by Crippen LogP contribution is 2.34. The molecule has 0 bridgehead atoms. The first-order valence-corrected chi connectivity index (χ1v) is 13.0. The Labute approximate surface area is 245 Å². The van der Waals surface area contributed by atoms with Gasteiger partial charge >= 0.3 is 0 Å². The number of aromatic nitrogens is 2. The minimum atomic E-state index is 0.375. The quantitative estimate of drug-likeness (QED) is 0.115. The van der Waals surface area contributed by atoms with Crippen LogP contribution in [0, 0.1) is 18.3 Å². The summed E-state index contributed by atoms with van der Waals surface area (Å²) in [6, 6.07) is 20.2. The molecule has 0 fully saturated rings. The summed E-state index contributed by atoms with van der Waals surface area (Å²) in [5.41, 5.74) is 6.69. The van der Waals surface area contributed by atoms with Crippen molar-refractivity contribution in [3.05, 3.63) is 108 Å². The van der Waals surface area contributed by atoms with Crippen molar-refractivity contribution < 1.29 is 23.4 Å². The number of ether oxygens (including phenoxy) is 3. The van der Waals surface area contributed by atoms with E-state index in [1.165, 1.54) is 18.7 Å². The number of nitriles is 1. The number of fused-ring (bicyclic) bond motifs is 2. The van der Waals surface area contributed by atoms with Crippen molar-refractivity contribution in [2.24, 2.45) is 0 Å². The van der Waals surface area contributed by atoms with E-state index in [0.29, 0.717) is 29.4 Å². The molecule has 0 atom stereocenters. The first-order chi connectivity index (χ1) is 20.4. The Morgan fingerprint density at radius 3 is 2.29 bits per heavy atom. The molecule has 0 spiro atoms. The molecule has 0 saturated heterocycles. The maximum atomic E-state index is 8.95. The third-order valence-corrected chi connectivity index (χ3v) is 6.25. The van der Waals surface area contributed by atoms with E-state index in [9.17, 15) is 0 Å². The minimum Gasteiger partial charge on any atom is -0.493 e. The van der Waals surface area contributed by atoms with Gasteiger partial charge in [0.25, 0.3) is 6.47 Å². The van der Waals surface area contributed by atoms with E-state index in [-0.39, 0.29) is 0 Å². The van der Waals surface area contributed by atoms with Gasteiger partial charge in [-0.15, -0.1) is 0 Å². The molecular weight excluding hydrogens is 530 g/mol. The molecule has 0 N–H and O–H groups in total. The highest BCUT2D eigenvalue weighted by molar-refractivity contribution is 5.88. The number of rotatable bonds is 7. The van der Waals surface area contributed by atoms with Crippen molar-refractivity contribution in [2.75, 3.05) is 21.3 Å². The van der Waals surface area contributed by atoms with Crippen molar-refractivity contribution in [1.29, 1.82) is 5.26 Å². The molecule has 0 aliphatic heterocycles. The lowest BCUT2D eigenvalue weighted by Gasteiger charge is -2.11. The maximum Gasteiger partial charge on any atom is 0.292 e. The normalized spacial score (nSPS) is 10.4. The predicted octanol–water partition coefficient (Wildman–Crippen LogP) is 7.39. The summed E-state index contributed by atoms with van der Waals surface area (Å²) in [6.07, 6.45) is 7.71. The number of benzene rings is 3. The first-order valence-electron chi connectivity index (χ1n) is 13.0. The van der Waals surface area contributed by atoms with E-state index in [1.807, 2.05) is 48.8 Å². The summed E-state index contributed by atoms with van der Waals surface area (Å²) in [5.74, 6) is 2.04. The average Bonchev–Trinajstić information content (AvgIpc) is 3.45. The summed E-state index contributed by atoms with van der Waals surface area (Å²) in [7, 11) is 4.60. The fourth-order valence-corrected chi connectivity index (χ4v) is 4.05. The van der Waals surface area contributed by atoms with Crippen LogP contribution in [0.15, 0.2) is 95.7 Å². The monoisotopic (exact) mass is 563 g/mol. The molecule has 8 nitrogen and oxygen atoms in total. The molecule has 42 heavy (non-hydrogen) atoms. The Morgan fingerprint density at radius 1 is 1.02 bits per heavy atom. The molecule has 0 unspecified atom stereocenters. The molecule has 0 saturated carbocycles. The summed E-state index contributed by atoms with van der Waals surface area (Å²) in [5, 5.41) is 10.2. The summed E-state index contributed by atoms with van der Waals surface area (Å²) < 4.78 is 20.7. The van der Waals surface area contributed by atoms with E-state index < -0.39 is 0 Å². The van der Waals surface area contributed by atoms with Crippen molar-refractivity contribution in [1.82, 2.24) is 9.97 Å². The van der Waals surface area contributed by atoms with Crippen LogP contribution < -0.4 is 9.47 Å². The van der Waals surface area contributed by atoms with Gasteiger partial charge in [-0.25, -0.2) is 4.98 Å². The number of hydrogen-bond acceptors (Lipinski definition) is 8. The second kappa shape index (κ2) is 15.4. The molecule has 0 radical (unpaired) electrons. The van der Waals surface area contributed by atoms with Gasteiger partial charge in [0.2, 0.25) is 5.89 Å². The number of oxazole rings is 1. The van der Waals surface area contributed by atoms with Gasteiger partial charge in [0, 0.05) is 28.9 Å². The summed E-state index contributed by atoms with van der Waals surface area (Å²) >= 11 is 0. The Balaban J connectivity index is 0.000000378. The van der Waals surface area contributed by atoms with Crippen LogP contribution >= 0.6 is 0 Å². The zero-order valence-corrected chi connectivity index (χ0v) is 24.4. The fourth-order valence-electron chi connectivity index (χ4n) is 4.05. The summed E-state index contributed by atoms with van der Waals surface area (Å²) in [6.45, 7) is 7.66. The Hall–Kier alpha value is -5.42. The standard InChI is InChI=1S/C26H22N2O3.C6H7N.C2H4O2/c1-16-4-7-18(8-5-16)26-28-22-11-17(6-9-23(22)31-26)10-19-14-27-15-20-12-24(29-2)25(30-3)13-21(19)20;1-3-6(4-2)5-7;1-4-2-3/h4-9,11-15H,10H2,1-3H3;3-4H,1H2,2H3;2H,1H3/b;6-4+;. The van der Waals surface area contributed by atoms with E-state index in [4.69, 9.17) is 28.9 Å². The third-order valence-electron chi connectivity index (χ3n) is 6.25. The fraction of sp³-hybridized carbons (Fsp3) is 0.176. The first kappa shape index (κ1) is 31.1. The zero-order valence-electron chi connectivity index (χ0n) is 24.4. The molecule has 0 aliphatic carbocycles. The minimum absolute atomic E-state index is 0.375. The largest absolute Gasteiger partial charge is 0.493 e. The number of aryl methyl sites for hydroxylation is 1. The molecule has 3 aromatic carbocycles. The van der Waals surface area contributed by atoms with Crippen LogP contribution in [-0.4, -0.2) is 37.8 Å². The van der Waals surface area contributed by atoms with Crippen LogP contribution in [0.4, 0.5) is 0 Å². The van der Waals surface area contributed by atoms with E-state index in [1.54, 1.807) is 27.2 Å². The van der Waals surface area contributed by atoms with Crippen LogP contribution in [0.1, 0.15) is 23.6 Å². The van der Waals surface area contributed by atoms with Crippen LogP contribution in [0.25, 0.3) is 33.3 Å². The van der Waals surface area contributed by atoms with Crippen molar-refractivity contribution in [3.63, 3.8) is 0 Å². The molecule has 2 heterocycles. The lowest BCUT2D eigenvalue weighted by atomic mass is 10.00. The lowest BCUT2D eigenvalue weighted by Crippen LogP contribution is -1.95. The van der Waals surface area contributed by atoms with Crippen LogP contribution in [0.2, 0.25) is 0 Å². The second-order valence-corrected chi connectivity index (χ2v) is 8.98. The second-order valence-electron chi connectivity index (χ2n) is 8.98. The van der Waals surface area contributed by atoms with Gasteiger partial charge in [0.1, 0.15) is 5.52 Å². The SMILES string of the molecule is C=C/C(C#N)=C\C.COC=O.COc1cc2cncc(Cc3ccc4oc(-c5ccc(C)cc5)nc4c3)c2cc1OC. The highest BCUT2D eigenvalue weighted by atomic mass is 16.5. The van der Waals surface area contributed by atoms with Crippen LogP contribution in [0.3, 0.4) is 0 Å². The van der Waals surface area contributed by atoms with E-state index >= 15 is 0 Å². The van der Waals surface area contributed by atoms with Gasteiger partial charge in [-0.1, -0.05) is 42.5 Å². The smallest absolute Gasteiger partial charge is 0.292 e. The van der Waals surface area contributed by atoms with Gasteiger partial charge in [-0.3, -0.25) is 9.78 Å². The van der Waals surface area contributed by atoms with Crippen molar-refractivity contribution >= 4 is 28.3 Å². The van der Waals surface area contributed by atoms with Crippen molar-refractivity contribution in [3.8, 4) is 29.0 Å². The summed E-state index contributed by atoms with van der Waals surface area (Å²) in [4.78, 5) is 18.1. The molecule has 5 rings (SSSR count). The van der Waals surface area contributed by atoms with Crippen molar-refractivity contribution in [2.45, 2.75) is 20.3 Å². The average molecular weight is 564 g/mol. The molecule has 214 valence electrons. The lowest BCUT2D eigenvalue weighted by molar-refractivity contribution is -0.126. The predicted molar refractivity (Wildman–Crippen MR) is 164 cm³/mol. The number of carbonyl (C=O) groups excluding carboxylic acids is 1. The number of methoxy groups -OCH3 is 3. The van der Waals surface area contributed by atoms with Gasteiger partial charge in [-0.2, -0.15) is 5.26 Å². The molecule has 0 amide bonds. The number of pyridine rings is 1. The number of hydrogen-bond donors (Lipinski definition) is 0. The Morgan fingerprint density at radius 2 is 1.71 bits per heavy atom. The molecular formula is C34H33N3O5. The van der Waals surface area contributed by atoms with Gasteiger partial charge in [0.15, 0.2) is 17.1 Å². The van der Waals surface area contributed by atoms with Gasteiger partial charge < -0.3 is 18.6 Å².